The van der Waals surface area contributed by atoms with E-state index in [9.17, 15) is 31.2 Å². The number of benzene rings is 3. The molecule has 0 spiro atoms. The molecule has 18 heteroatoms. The van der Waals surface area contributed by atoms with Crippen LogP contribution in [-0.4, -0.2) is 72.3 Å². The van der Waals surface area contributed by atoms with Gasteiger partial charge in [0.25, 0.3) is 20.2 Å². The molecule has 1 saturated carbocycles. The van der Waals surface area contributed by atoms with Crippen LogP contribution in [-0.2, 0) is 63.8 Å². The summed E-state index contributed by atoms with van der Waals surface area (Å²) in [6.07, 6.45) is 0.0282. The lowest BCUT2D eigenvalue weighted by Gasteiger charge is -2.40. The van der Waals surface area contributed by atoms with Crippen LogP contribution in [0.15, 0.2) is 100 Å². The van der Waals surface area contributed by atoms with Crippen LogP contribution in [0.4, 0.5) is 4.79 Å². The highest BCUT2D eigenvalue weighted by Gasteiger charge is 2.42. The molecule has 0 saturated heterocycles. The van der Waals surface area contributed by atoms with Crippen LogP contribution >= 0.6 is 0 Å². The maximum Gasteiger partial charge on any atom is 0.429 e. The summed E-state index contributed by atoms with van der Waals surface area (Å²) in [6, 6.07) is 20.8. The highest BCUT2D eigenvalue weighted by molar-refractivity contribution is 7.87. The first-order valence-electron chi connectivity index (χ1n) is 18.1. The van der Waals surface area contributed by atoms with E-state index in [0.717, 1.165) is 11.1 Å². The van der Waals surface area contributed by atoms with E-state index in [2.05, 4.69) is 5.43 Å². The number of hydroxylamine groups is 1. The van der Waals surface area contributed by atoms with Crippen LogP contribution in [0.1, 0.15) is 56.2 Å². The third-order valence-corrected chi connectivity index (χ3v) is 11.5. The topological polar surface area (TPSA) is 214 Å². The molecule has 1 aliphatic carbocycles. The third-order valence-electron chi connectivity index (χ3n) is 8.92. The summed E-state index contributed by atoms with van der Waals surface area (Å²) < 4.78 is 79.3. The number of carbonyl (C=O) groups excluding carboxylic acids is 3. The maximum atomic E-state index is 13.2. The van der Waals surface area contributed by atoms with Crippen molar-refractivity contribution in [2.45, 2.75) is 69.8 Å². The molecular formula is C39H47N3O13S2. The number of carbonyl (C=O) groups is 3. The molecule has 308 valence electrons. The molecule has 16 nitrogen and oxygen atoms in total. The predicted octanol–water partition coefficient (Wildman–Crippen LogP) is 5.65. The van der Waals surface area contributed by atoms with E-state index >= 15 is 0 Å². The second-order valence-electron chi connectivity index (χ2n) is 13.3. The average Bonchev–Trinajstić information content (AvgIpc) is 3.19. The summed E-state index contributed by atoms with van der Waals surface area (Å²) in [6.45, 7) is 5.51. The Bertz CT molecular complexity index is 2020. The van der Waals surface area contributed by atoms with Gasteiger partial charge in [0.2, 0.25) is 5.76 Å². The summed E-state index contributed by atoms with van der Waals surface area (Å²) in [5.74, 6) is -3.88. The molecule has 0 aromatic heterocycles. The van der Waals surface area contributed by atoms with Crippen LogP contribution in [0, 0.1) is 30.6 Å². The van der Waals surface area contributed by atoms with Crippen molar-refractivity contribution < 1.29 is 58.6 Å². The zero-order valence-corrected chi connectivity index (χ0v) is 33.7. The lowest BCUT2D eigenvalue weighted by atomic mass is 9.71. The van der Waals surface area contributed by atoms with Gasteiger partial charge in [-0.2, -0.15) is 22.3 Å². The van der Waals surface area contributed by atoms with Gasteiger partial charge in [-0.3, -0.25) is 13.8 Å². The normalized spacial score (nSPS) is 14.6. The second-order valence-corrected chi connectivity index (χ2v) is 16.5. The molecule has 0 radical (unpaired) electrons. The van der Waals surface area contributed by atoms with Crippen LogP contribution in [0.5, 0.6) is 0 Å². The largest absolute Gasteiger partial charge is 0.463 e. The number of amides is 1. The van der Waals surface area contributed by atoms with Crippen molar-refractivity contribution >= 4 is 44.1 Å². The van der Waals surface area contributed by atoms with Crippen molar-refractivity contribution in [2.75, 3.05) is 26.4 Å². The van der Waals surface area contributed by atoms with E-state index in [-0.39, 0.29) is 61.1 Å². The van der Waals surface area contributed by atoms with Gasteiger partial charge in [0.05, 0.1) is 42.3 Å². The van der Waals surface area contributed by atoms with Gasteiger partial charge in [0, 0.05) is 11.3 Å². The molecule has 0 aliphatic heterocycles. The summed E-state index contributed by atoms with van der Waals surface area (Å²) >= 11 is 0. The zero-order valence-electron chi connectivity index (χ0n) is 32.1. The van der Waals surface area contributed by atoms with Crippen molar-refractivity contribution in [3.05, 3.63) is 107 Å². The minimum Gasteiger partial charge on any atom is -0.463 e. The Balaban J connectivity index is 1.59. The van der Waals surface area contributed by atoms with Gasteiger partial charge in [-0.1, -0.05) is 70.9 Å². The number of hydrogen-bond donors (Lipinski definition) is 2. The predicted molar refractivity (Wildman–Crippen MR) is 205 cm³/mol. The SMILES string of the molecule is CCOC(=O)C=C(ON(NC(=O)OCc1ccccc1)C(=N)C1CCC(COS(=O)(=O)c2ccc(C)cc2)(COS(=O)(=O)c2ccc(C)cc2)CC1)C(=O)OCC. The summed E-state index contributed by atoms with van der Waals surface area (Å²) in [5, 5.41) is 9.67. The monoisotopic (exact) mass is 829 g/mol. The highest BCUT2D eigenvalue weighted by Crippen LogP contribution is 2.42. The summed E-state index contributed by atoms with van der Waals surface area (Å²) in [5.41, 5.74) is 3.44. The Morgan fingerprint density at radius 3 is 1.77 bits per heavy atom. The molecule has 1 fully saturated rings. The number of aryl methyl sites for hydroxylation is 2. The number of esters is 2. The van der Waals surface area contributed by atoms with Crippen molar-refractivity contribution in [1.29, 1.82) is 5.41 Å². The van der Waals surface area contributed by atoms with E-state index in [4.69, 9.17) is 32.8 Å². The van der Waals surface area contributed by atoms with Crippen LogP contribution in [0.2, 0.25) is 0 Å². The van der Waals surface area contributed by atoms with E-state index in [1.807, 2.05) is 0 Å². The maximum absolute atomic E-state index is 13.2. The third kappa shape index (κ3) is 13.1. The summed E-state index contributed by atoms with van der Waals surface area (Å²) in [7, 11) is -8.55. The Hall–Kier alpha value is -5.30. The van der Waals surface area contributed by atoms with Gasteiger partial charge in [-0.05, 0) is 83.2 Å². The van der Waals surface area contributed by atoms with E-state index in [0.29, 0.717) is 16.8 Å². The number of nitrogens with zero attached hydrogens (tertiary/aromatic N) is 1. The van der Waals surface area contributed by atoms with Gasteiger partial charge >= 0.3 is 18.0 Å². The number of hydrazine groups is 1. The fraction of sp³-hybridized carbons (Fsp3) is 0.385. The van der Waals surface area contributed by atoms with E-state index < -0.39 is 68.6 Å². The first kappa shape index (κ1) is 44.4. The van der Waals surface area contributed by atoms with Crippen molar-refractivity contribution in [3.63, 3.8) is 0 Å². The second kappa shape index (κ2) is 20.2. The van der Waals surface area contributed by atoms with Gasteiger partial charge in [-0.25, -0.2) is 14.4 Å². The van der Waals surface area contributed by atoms with Crippen molar-refractivity contribution in [1.82, 2.24) is 10.6 Å². The van der Waals surface area contributed by atoms with Gasteiger partial charge in [0.1, 0.15) is 6.61 Å². The first-order chi connectivity index (χ1) is 27.1. The molecule has 57 heavy (non-hydrogen) atoms. The number of rotatable bonds is 17. The fourth-order valence-electron chi connectivity index (χ4n) is 5.64. The average molecular weight is 830 g/mol. The van der Waals surface area contributed by atoms with Crippen molar-refractivity contribution in [3.8, 4) is 0 Å². The molecule has 0 bridgehead atoms. The van der Waals surface area contributed by atoms with Crippen LogP contribution in [0.3, 0.4) is 0 Å². The minimum absolute atomic E-state index is 0.0229. The van der Waals surface area contributed by atoms with Gasteiger partial charge in [0.15, 0.2) is 5.84 Å². The van der Waals surface area contributed by atoms with Gasteiger partial charge in [-0.15, -0.1) is 0 Å². The van der Waals surface area contributed by atoms with Crippen LogP contribution < -0.4 is 5.43 Å². The lowest BCUT2D eigenvalue weighted by molar-refractivity contribution is -0.157. The first-order valence-corrected chi connectivity index (χ1v) is 20.9. The molecule has 0 atom stereocenters. The Morgan fingerprint density at radius 1 is 0.772 bits per heavy atom. The molecular weight excluding hydrogens is 783 g/mol. The molecule has 0 unspecified atom stereocenters. The molecule has 4 rings (SSSR count). The number of amidine groups is 1. The molecule has 3 aromatic carbocycles. The number of nitrogens with one attached hydrogen (secondary N) is 2. The van der Waals surface area contributed by atoms with Crippen molar-refractivity contribution in [2.24, 2.45) is 11.3 Å². The van der Waals surface area contributed by atoms with Crippen LogP contribution in [0.25, 0.3) is 0 Å². The highest BCUT2D eigenvalue weighted by atomic mass is 32.2. The van der Waals surface area contributed by atoms with E-state index in [1.54, 1.807) is 75.4 Å². The van der Waals surface area contributed by atoms with E-state index in [1.165, 1.54) is 31.2 Å². The standard InChI is InChI=1S/C39H47N3O13S2/c1-5-50-35(43)24-34(37(44)51-6-2)55-42(41-38(45)52-25-30-10-8-7-9-11-30)36(40)31-20-22-39(23-21-31,26-53-56(46,47)32-16-12-28(3)13-17-32)27-54-57(48,49)33-18-14-29(4)15-19-33/h7-19,24,31,40H,5-6,20-23,25-27H2,1-4H3,(H,41,45). The molecule has 3 aromatic rings. The number of hydrogen-bond acceptors (Lipinski definition) is 14. The zero-order chi connectivity index (χ0) is 41.6. The Kier molecular flexibility index (Phi) is 15.8. The molecule has 1 aliphatic rings. The fourth-order valence-corrected chi connectivity index (χ4v) is 7.66. The molecule has 1 amide bonds. The Labute approximate surface area is 332 Å². The lowest BCUT2D eigenvalue weighted by Crippen LogP contribution is -2.50. The Morgan fingerprint density at radius 2 is 1.28 bits per heavy atom. The molecule has 0 heterocycles. The number of ether oxygens (including phenoxy) is 3. The quantitative estimate of drug-likeness (QED) is 0.0246. The minimum atomic E-state index is -4.27. The summed E-state index contributed by atoms with van der Waals surface area (Å²) in [4.78, 5) is 43.7. The molecule has 2 N–H and O–H groups in total. The smallest absolute Gasteiger partial charge is 0.429 e. The van der Waals surface area contributed by atoms with Gasteiger partial charge < -0.3 is 19.0 Å².